The third-order valence-electron chi connectivity index (χ3n) is 4.06. The monoisotopic (exact) mass is 422 g/mol. The molecule has 0 spiro atoms. The summed E-state index contributed by atoms with van der Waals surface area (Å²) >= 11 is 15.3. The molecule has 4 heterocycles. The molecule has 0 radical (unpaired) electrons. The largest absolute Gasteiger partial charge is 0.432 e. The van der Waals surface area contributed by atoms with Gasteiger partial charge in [0, 0.05) is 22.9 Å². The second-order valence-corrected chi connectivity index (χ2v) is 9.01. The highest BCUT2D eigenvalue weighted by Crippen LogP contribution is 2.44. The van der Waals surface area contributed by atoms with Crippen molar-refractivity contribution in [1.29, 1.82) is 0 Å². The predicted molar refractivity (Wildman–Crippen MR) is 110 cm³/mol. The van der Waals surface area contributed by atoms with Gasteiger partial charge in [0.2, 0.25) is 5.71 Å². The van der Waals surface area contributed by atoms with Crippen LogP contribution in [0.1, 0.15) is 23.0 Å². The van der Waals surface area contributed by atoms with Crippen molar-refractivity contribution in [3.63, 3.8) is 0 Å². The van der Waals surface area contributed by atoms with Crippen molar-refractivity contribution in [2.24, 2.45) is 0 Å². The summed E-state index contributed by atoms with van der Waals surface area (Å²) in [6, 6.07) is 5.72. The normalized spacial score (nSPS) is 11.4. The Morgan fingerprint density at radius 1 is 1.27 bits per heavy atom. The van der Waals surface area contributed by atoms with Crippen molar-refractivity contribution < 1.29 is 9.21 Å². The lowest BCUT2D eigenvalue weighted by molar-refractivity contribution is 0.0990. The van der Waals surface area contributed by atoms with E-state index in [9.17, 15) is 4.79 Å². The molecule has 0 saturated carbocycles. The molecule has 0 bridgehead atoms. The van der Waals surface area contributed by atoms with Crippen LogP contribution < -0.4 is 5.73 Å². The van der Waals surface area contributed by atoms with Gasteiger partial charge in [0.1, 0.15) is 4.34 Å². The highest BCUT2D eigenvalue weighted by Gasteiger charge is 2.23. The van der Waals surface area contributed by atoms with E-state index in [-0.39, 0.29) is 11.5 Å². The highest BCUT2D eigenvalue weighted by molar-refractivity contribution is 7.20. The number of furan rings is 1. The molecule has 0 atom stereocenters. The Hall–Kier alpha value is -1.86. The van der Waals surface area contributed by atoms with E-state index in [4.69, 9.17) is 33.4 Å². The molecular formula is C18H12Cl2N2O2S2. The molecule has 0 aliphatic carbocycles. The number of anilines is 1. The fourth-order valence-electron chi connectivity index (χ4n) is 2.86. The number of thiophene rings is 2. The number of rotatable bonds is 3. The molecule has 4 aromatic rings. The Bertz CT molecular complexity index is 1170. The van der Waals surface area contributed by atoms with Crippen LogP contribution >= 0.6 is 45.9 Å². The summed E-state index contributed by atoms with van der Waals surface area (Å²) in [6.07, 6.45) is 0. The van der Waals surface area contributed by atoms with Gasteiger partial charge in [-0.2, -0.15) is 0 Å². The second-order valence-electron chi connectivity index (χ2n) is 5.81. The van der Waals surface area contributed by atoms with E-state index in [0.29, 0.717) is 31.2 Å². The van der Waals surface area contributed by atoms with Gasteiger partial charge in [0.05, 0.1) is 21.1 Å². The van der Waals surface area contributed by atoms with Gasteiger partial charge in [-0.1, -0.05) is 23.2 Å². The summed E-state index contributed by atoms with van der Waals surface area (Å²) in [6.45, 7) is 3.44. The Balaban J connectivity index is 2.10. The van der Waals surface area contributed by atoms with Crippen LogP contribution in [0.15, 0.2) is 28.0 Å². The second kappa shape index (κ2) is 6.39. The molecule has 0 saturated heterocycles. The number of carbonyl (C=O) groups excluding carboxylic acids is 1. The van der Waals surface area contributed by atoms with Crippen molar-refractivity contribution in [2.75, 3.05) is 5.73 Å². The summed E-state index contributed by atoms with van der Waals surface area (Å²) in [5.74, 6) is -0.123. The van der Waals surface area contributed by atoms with Gasteiger partial charge in [-0.15, -0.1) is 22.7 Å². The van der Waals surface area contributed by atoms with Crippen LogP contribution in [0.3, 0.4) is 0 Å². The SMILES string of the molecule is CC(=O)c1oc2nc(-c3cc(Cl)sc3Cl)cc(-c3sccc3C)c2c1N. The van der Waals surface area contributed by atoms with Gasteiger partial charge in [0.15, 0.2) is 11.5 Å². The minimum Gasteiger partial charge on any atom is -0.432 e. The first-order chi connectivity index (χ1) is 12.4. The van der Waals surface area contributed by atoms with Crippen molar-refractivity contribution in [3.8, 4) is 21.7 Å². The first-order valence-electron chi connectivity index (χ1n) is 7.60. The number of fused-ring (bicyclic) bond motifs is 1. The average Bonchev–Trinajstić information content (AvgIpc) is 3.24. The molecule has 132 valence electrons. The van der Waals surface area contributed by atoms with Gasteiger partial charge < -0.3 is 10.2 Å². The first-order valence-corrected chi connectivity index (χ1v) is 10.1. The van der Waals surface area contributed by atoms with Crippen LogP contribution in [0, 0.1) is 6.92 Å². The fourth-order valence-corrected chi connectivity index (χ4v) is 5.29. The summed E-state index contributed by atoms with van der Waals surface area (Å²) < 4.78 is 6.81. The van der Waals surface area contributed by atoms with E-state index in [0.717, 1.165) is 21.6 Å². The number of ketones is 1. The molecule has 4 rings (SSSR count). The third-order valence-corrected chi connectivity index (χ3v) is 6.60. The molecule has 0 amide bonds. The third kappa shape index (κ3) is 2.74. The summed E-state index contributed by atoms with van der Waals surface area (Å²) in [4.78, 5) is 17.5. The van der Waals surface area contributed by atoms with Gasteiger partial charge in [-0.25, -0.2) is 4.98 Å². The number of nitrogen functional groups attached to an aromatic ring is 1. The molecule has 8 heteroatoms. The van der Waals surface area contributed by atoms with Crippen LogP contribution in [0.5, 0.6) is 0 Å². The lowest BCUT2D eigenvalue weighted by Crippen LogP contribution is -1.95. The molecule has 0 aromatic carbocycles. The minimum atomic E-state index is -0.243. The predicted octanol–water partition coefficient (Wildman–Crippen LogP) is 6.68. The number of hydrogen-bond acceptors (Lipinski definition) is 6. The molecule has 2 N–H and O–H groups in total. The highest BCUT2D eigenvalue weighted by atomic mass is 35.5. The standard InChI is InChI=1S/C18H12Cl2N2O2S2/c1-7-3-4-25-16(7)10-5-11(9-6-12(19)26-17(9)20)22-18-13(10)14(21)15(24-18)8(2)23/h3-6H,21H2,1-2H3. The number of aryl methyl sites for hydroxylation is 1. The molecule has 0 aliphatic heterocycles. The number of hydrogen-bond donors (Lipinski definition) is 1. The Labute approximate surface area is 167 Å². The zero-order chi connectivity index (χ0) is 18.6. The van der Waals surface area contributed by atoms with Gasteiger partial charge >= 0.3 is 0 Å². The molecule has 4 nitrogen and oxygen atoms in total. The maximum Gasteiger partial charge on any atom is 0.230 e. The summed E-state index contributed by atoms with van der Waals surface area (Å²) in [7, 11) is 0. The zero-order valence-electron chi connectivity index (χ0n) is 13.7. The maximum absolute atomic E-state index is 11.9. The molecule has 0 fully saturated rings. The summed E-state index contributed by atoms with van der Waals surface area (Å²) in [5, 5.41) is 2.65. The maximum atomic E-state index is 11.9. The van der Waals surface area contributed by atoms with Crippen molar-refractivity contribution in [2.45, 2.75) is 13.8 Å². The minimum absolute atomic E-state index is 0.120. The smallest absolute Gasteiger partial charge is 0.230 e. The number of nitrogens with zero attached hydrogens (tertiary/aromatic N) is 1. The van der Waals surface area contributed by atoms with Crippen LogP contribution in [0.25, 0.3) is 32.8 Å². The molecule has 0 unspecified atom stereocenters. The van der Waals surface area contributed by atoms with E-state index < -0.39 is 0 Å². The molecule has 0 aliphatic rings. The fraction of sp³-hybridized carbons (Fsp3) is 0.111. The zero-order valence-corrected chi connectivity index (χ0v) is 16.9. The van der Waals surface area contributed by atoms with Gasteiger partial charge in [-0.05, 0) is 36.1 Å². The van der Waals surface area contributed by atoms with Crippen LogP contribution in [0.2, 0.25) is 8.67 Å². The number of Topliss-reactive ketones (excluding diaryl/α,β-unsaturated/α-hetero) is 1. The lowest BCUT2D eigenvalue weighted by Gasteiger charge is -2.06. The Kier molecular flexibility index (Phi) is 4.31. The first kappa shape index (κ1) is 17.5. The Morgan fingerprint density at radius 2 is 2.04 bits per heavy atom. The number of nitrogens with two attached hydrogens (primary N) is 1. The number of pyridine rings is 1. The number of aromatic nitrogens is 1. The van der Waals surface area contributed by atoms with E-state index in [1.807, 2.05) is 24.4 Å². The van der Waals surface area contributed by atoms with Crippen molar-refractivity contribution >= 4 is 68.4 Å². The van der Waals surface area contributed by atoms with Gasteiger partial charge in [-0.3, -0.25) is 4.79 Å². The molecular weight excluding hydrogens is 411 g/mol. The van der Waals surface area contributed by atoms with E-state index in [1.165, 1.54) is 18.3 Å². The number of carbonyl (C=O) groups is 1. The summed E-state index contributed by atoms with van der Waals surface area (Å²) in [5.41, 5.74) is 10.2. The van der Waals surface area contributed by atoms with Crippen LogP contribution in [-0.2, 0) is 0 Å². The molecule has 4 aromatic heterocycles. The van der Waals surface area contributed by atoms with E-state index in [2.05, 4.69) is 4.98 Å². The molecule has 26 heavy (non-hydrogen) atoms. The van der Waals surface area contributed by atoms with Crippen molar-refractivity contribution in [1.82, 2.24) is 4.98 Å². The number of halogens is 2. The Morgan fingerprint density at radius 3 is 2.62 bits per heavy atom. The van der Waals surface area contributed by atoms with E-state index >= 15 is 0 Å². The quantitative estimate of drug-likeness (QED) is 0.373. The van der Waals surface area contributed by atoms with Crippen molar-refractivity contribution in [3.05, 3.63) is 43.6 Å². The van der Waals surface area contributed by atoms with Gasteiger partial charge in [0.25, 0.3) is 0 Å². The topological polar surface area (TPSA) is 69.1 Å². The van der Waals surface area contributed by atoms with E-state index in [1.54, 1.807) is 17.4 Å². The van der Waals surface area contributed by atoms with Crippen LogP contribution in [0.4, 0.5) is 5.69 Å². The average molecular weight is 423 g/mol. The van der Waals surface area contributed by atoms with Crippen LogP contribution in [-0.4, -0.2) is 10.8 Å². The lowest BCUT2D eigenvalue weighted by atomic mass is 10.0.